The molecule has 6 rings (SSSR count). The minimum Gasteiger partial charge on any atom is -0.507 e. The van der Waals surface area contributed by atoms with E-state index >= 15 is 0 Å². The first kappa shape index (κ1) is 32.4. The van der Waals surface area contributed by atoms with Crippen LogP contribution >= 0.6 is 79.6 Å². The molecule has 230 valence electrons. The van der Waals surface area contributed by atoms with Gasteiger partial charge < -0.3 is 25.5 Å². The molecule has 5 aromatic carbocycles. The predicted octanol–water partition coefficient (Wildman–Crippen LogP) is 10.3. The van der Waals surface area contributed by atoms with E-state index in [1.165, 1.54) is 0 Å². The first-order chi connectivity index (χ1) is 21.4. The topological polar surface area (TPSA) is 101 Å². The summed E-state index contributed by atoms with van der Waals surface area (Å²) in [5.74, 6) is 0.338. The van der Waals surface area contributed by atoms with Gasteiger partial charge in [0.25, 0.3) is 0 Å². The van der Waals surface area contributed by atoms with Crippen LogP contribution in [0.2, 0.25) is 0 Å². The molecule has 1 aliphatic rings. The van der Waals surface area contributed by atoms with E-state index in [9.17, 15) is 25.5 Å². The van der Waals surface area contributed by atoms with E-state index in [2.05, 4.69) is 79.6 Å². The summed E-state index contributed by atoms with van der Waals surface area (Å²) in [6.07, 6.45) is 1.20. The van der Waals surface area contributed by atoms with E-state index < -0.39 is 0 Å². The van der Waals surface area contributed by atoms with E-state index in [-0.39, 0.29) is 60.9 Å². The maximum Gasteiger partial charge on any atom is 0.122 e. The third-order valence-corrected chi connectivity index (χ3v) is 10.4. The van der Waals surface area contributed by atoms with E-state index in [4.69, 9.17) is 0 Å². The standard InChI is InChI=1S/C35H25Br5O5/c36-26-6-16-1-17-7-27(37)9-19(32(17)42)3-21-11-29(39)13-23(34(21)44)5-25-15-30(40)14-24(35(25)45)4-22-12-28(38)10-20(33(22)43)2-18(8-26)31(16)41/h6-15,41-45H,1-5H2. The van der Waals surface area contributed by atoms with Crippen LogP contribution in [0.25, 0.3) is 0 Å². The number of fused-ring (bicyclic) bond motifs is 10. The number of phenolic OH excluding ortho intramolecular Hbond substituents is 5. The molecule has 0 radical (unpaired) electrons. The molecule has 5 N–H and O–H groups in total. The van der Waals surface area contributed by atoms with Crippen molar-refractivity contribution in [1.29, 1.82) is 0 Å². The summed E-state index contributed by atoms with van der Waals surface area (Å²) in [4.78, 5) is 0. The minimum atomic E-state index is 0.0676. The Hall–Kier alpha value is -2.50. The van der Waals surface area contributed by atoms with Gasteiger partial charge in [-0.2, -0.15) is 0 Å². The lowest BCUT2D eigenvalue weighted by Crippen LogP contribution is -2.01. The van der Waals surface area contributed by atoms with Gasteiger partial charge in [0.1, 0.15) is 28.7 Å². The van der Waals surface area contributed by atoms with Crippen LogP contribution in [0.1, 0.15) is 55.6 Å². The lowest BCUT2D eigenvalue weighted by atomic mass is 9.91. The summed E-state index contributed by atoms with van der Waals surface area (Å²) < 4.78 is 3.73. The number of halogens is 5. The molecule has 0 unspecified atom stereocenters. The molecule has 10 bridgehead atoms. The Balaban J connectivity index is 1.60. The zero-order chi connectivity index (χ0) is 32.2. The van der Waals surface area contributed by atoms with Gasteiger partial charge in [-0.05, 0) is 116 Å². The van der Waals surface area contributed by atoms with Gasteiger partial charge in [-0.3, -0.25) is 0 Å². The van der Waals surface area contributed by atoms with Crippen molar-refractivity contribution in [1.82, 2.24) is 0 Å². The molecule has 0 fully saturated rings. The fourth-order valence-corrected chi connectivity index (χ4v) is 8.72. The van der Waals surface area contributed by atoms with Gasteiger partial charge in [0, 0.05) is 54.5 Å². The highest BCUT2D eigenvalue weighted by Crippen LogP contribution is 2.41. The van der Waals surface area contributed by atoms with Crippen LogP contribution in [0.15, 0.2) is 83.0 Å². The van der Waals surface area contributed by atoms with Gasteiger partial charge in [0.05, 0.1) is 0 Å². The van der Waals surface area contributed by atoms with Gasteiger partial charge in [-0.25, -0.2) is 0 Å². The molecule has 0 atom stereocenters. The Bertz CT molecular complexity index is 1560. The fraction of sp³-hybridized carbons (Fsp3) is 0.143. The average Bonchev–Trinajstić information content (AvgIpc) is 2.96. The highest BCUT2D eigenvalue weighted by Gasteiger charge is 2.21. The van der Waals surface area contributed by atoms with Crippen molar-refractivity contribution in [2.45, 2.75) is 32.1 Å². The second kappa shape index (κ2) is 13.0. The summed E-state index contributed by atoms with van der Waals surface area (Å²) in [7, 11) is 0. The van der Waals surface area contributed by atoms with Crippen LogP contribution in [0, 0.1) is 0 Å². The number of benzene rings is 5. The molecule has 45 heavy (non-hydrogen) atoms. The maximum atomic E-state index is 11.5. The summed E-state index contributed by atoms with van der Waals surface area (Å²) in [5.41, 5.74) is 5.99. The monoisotopic (exact) mass is 920 g/mol. The molecule has 5 nitrogen and oxygen atoms in total. The molecular formula is C35H25Br5O5. The van der Waals surface area contributed by atoms with Gasteiger partial charge in [0.15, 0.2) is 0 Å². The normalized spacial score (nSPS) is 13.0. The number of aromatic hydroxyl groups is 5. The molecule has 0 saturated heterocycles. The molecule has 10 heteroatoms. The lowest BCUT2D eigenvalue weighted by Gasteiger charge is -2.18. The van der Waals surface area contributed by atoms with Gasteiger partial charge in [0.2, 0.25) is 0 Å². The Morgan fingerprint density at radius 3 is 0.489 bits per heavy atom. The third kappa shape index (κ3) is 6.81. The van der Waals surface area contributed by atoms with E-state index in [1.807, 2.05) is 60.7 Å². The van der Waals surface area contributed by atoms with Gasteiger partial charge in [-0.15, -0.1) is 0 Å². The lowest BCUT2D eigenvalue weighted by molar-refractivity contribution is 0.450. The zero-order valence-electron chi connectivity index (χ0n) is 23.4. The van der Waals surface area contributed by atoms with E-state index in [1.54, 1.807) is 0 Å². The maximum absolute atomic E-state index is 11.5. The smallest absolute Gasteiger partial charge is 0.122 e. The fourth-order valence-electron chi connectivity index (χ4n) is 5.96. The Kier molecular flexibility index (Phi) is 9.34. The minimum absolute atomic E-state index is 0.0676. The molecule has 0 aliphatic heterocycles. The SMILES string of the molecule is Oc1c2cc(Br)cc1Cc1cc(Br)cc(c1O)Cc1cc(Br)cc(c1O)Cc1cc(Br)cc(c1O)Cc1cc(Br)cc(c1O)C2. The zero-order valence-corrected chi connectivity index (χ0v) is 31.4. The van der Waals surface area contributed by atoms with Crippen LogP contribution in [-0.2, 0) is 32.1 Å². The molecule has 0 heterocycles. The molecule has 1 aliphatic carbocycles. The number of hydrogen-bond donors (Lipinski definition) is 5. The highest BCUT2D eigenvalue weighted by atomic mass is 79.9. The molecule has 5 aromatic rings. The quantitative estimate of drug-likeness (QED) is 0.105. The van der Waals surface area contributed by atoms with Crippen molar-refractivity contribution in [2.75, 3.05) is 0 Å². The molecular weight excluding hydrogens is 900 g/mol. The number of rotatable bonds is 0. The second-order valence-corrected chi connectivity index (χ2v) is 15.8. The average molecular weight is 925 g/mol. The molecule has 0 saturated carbocycles. The predicted molar refractivity (Wildman–Crippen MR) is 193 cm³/mol. The highest BCUT2D eigenvalue weighted by molar-refractivity contribution is 9.11. The van der Waals surface area contributed by atoms with Crippen molar-refractivity contribution < 1.29 is 25.5 Å². The van der Waals surface area contributed by atoms with Crippen molar-refractivity contribution >= 4 is 79.6 Å². The Labute approximate surface area is 302 Å². The first-order valence-corrected chi connectivity index (χ1v) is 17.8. The summed E-state index contributed by atoms with van der Waals surface area (Å²) in [6.45, 7) is 0. The number of phenols is 5. The van der Waals surface area contributed by atoms with Gasteiger partial charge >= 0.3 is 0 Å². The van der Waals surface area contributed by atoms with Crippen LogP contribution in [0.5, 0.6) is 28.7 Å². The van der Waals surface area contributed by atoms with Crippen molar-refractivity contribution in [3.63, 3.8) is 0 Å². The summed E-state index contributed by atoms with van der Waals surface area (Å²) in [6, 6.07) is 18.2. The summed E-state index contributed by atoms with van der Waals surface area (Å²) in [5, 5.41) is 57.3. The van der Waals surface area contributed by atoms with Crippen LogP contribution in [0.4, 0.5) is 0 Å². The largest absolute Gasteiger partial charge is 0.507 e. The third-order valence-electron chi connectivity index (χ3n) is 8.07. The van der Waals surface area contributed by atoms with E-state index in [0.29, 0.717) is 55.6 Å². The molecule has 0 aromatic heterocycles. The Morgan fingerprint density at radius 2 is 0.378 bits per heavy atom. The van der Waals surface area contributed by atoms with Crippen LogP contribution in [0.3, 0.4) is 0 Å². The number of hydrogen-bond acceptors (Lipinski definition) is 5. The Morgan fingerprint density at radius 1 is 0.267 bits per heavy atom. The van der Waals surface area contributed by atoms with E-state index in [0.717, 1.165) is 22.4 Å². The van der Waals surface area contributed by atoms with Gasteiger partial charge in [-0.1, -0.05) is 79.6 Å². The van der Waals surface area contributed by atoms with Crippen LogP contribution in [-0.4, -0.2) is 25.5 Å². The first-order valence-electron chi connectivity index (χ1n) is 13.9. The van der Waals surface area contributed by atoms with Crippen molar-refractivity contribution in [3.8, 4) is 28.7 Å². The van der Waals surface area contributed by atoms with Crippen molar-refractivity contribution in [2.24, 2.45) is 0 Å². The summed E-state index contributed by atoms with van der Waals surface area (Å²) >= 11 is 17.9. The molecule has 0 spiro atoms. The van der Waals surface area contributed by atoms with Crippen molar-refractivity contribution in [3.05, 3.63) is 139 Å². The van der Waals surface area contributed by atoms with Crippen LogP contribution < -0.4 is 0 Å². The molecule has 0 amide bonds. The second-order valence-electron chi connectivity index (χ2n) is 11.2.